The maximum Gasteiger partial charge on any atom is 0.121 e. The van der Waals surface area contributed by atoms with E-state index in [1.54, 1.807) is 0 Å². The molecule has 1 N–H and O–H groups in total. The maximum atomic E-state index is 5.79. The van der Waals surface area contributed by atoms with E-state index in [1.165, 1.54) is 0 Å². The molecule has 3 nitrogen and oxygen atoms in total. The molecule has 1 rings (SSSR count). The zero-order valence-electron chi connectivity index (χ0n) is 12.6. The van der Waals surface area contributed by atoms with Gasteiger partial charge in [-0.1, -0.05) is 26.8 Å². The third-order valence-electron chi connectivity index (χ3n) is 2.77. The highest BCUT2D eigenvalue weighted by Gasteiger charge is 2.01. The maximum absolute atomic E-state index is 5.79. The molecule has 0 aliphatic rings. The van der Waals surface area contributed by atoms with Gasteiger partial charge in [0, 0.05) is 24.9 Å². The van der Waals surface area contributed by atoms with Crippen LogP contribution in [0.1, 0.15) is 34.1 Å². The molecule has 0 amide bonds. The second-order valence-electron chi connectivity index (χ2n) is 5.26. The number of hydrogen-bond donors (Lipinski definition) is 1. The van der Waals surface area contributed by atoms with Crippen molar-refractivity contribution in [2.45, 2.75) is 40.2 Å². The summed E-state index contributed by atoms with van der Waals surface area (Å²) in [5, 5.41) is 3.35. The van der Waals surface area contributed by atoms with Gasteiger partial charge < -0.3 is 14.8 Å². The summed E-state index contributed by atoms with van der Waals surface area (Å²) in [6.45, 7) is 10.9. The van der Waals surface area contributed by atoms with Crippen LogP contribution in [0.3, 0.4) is 0 Å². The van der Waals surface area contributed by atoms with E-state index in [1.807, 2.05) is 24.3 Å². The molecule has 0 spiro atoms. The summed E-state index contributed by atoms with van der Waals surface area (Å²) in [5.74, 6) is 1.51. The van der Waals surface area contributed by atoms with Crippen molar-refractivity contribution in [3.05, 3.63) is 24.3 Å². The number of benzene rings is 1. The second kappa shape index (κ2) is 8.81. The predicted molar refractivity (Wildman–Crippen MR) is 81.0 cm³/mol. The largest absolute Gasteiger partial charge is 0.491 e. The van der Waals surface area contributed by atoms with Gasteiger partial charge in [-0.15, -0.1) is 0 Å². The van der Waals surface area contributed by atoms with Crippen molar-refractivity contribution in [2.75, 3.05) is 25.1 Å². The van der Waals surface area contributed by atoms with Gasteiger partial charge in [0.1, 0.15) is 5.75 Å². The van der Waals surface area contributed by atoms with E-state index in [0.717, 1.165) is 37.6 Å². The quantitative estimate of drug-likeness (QED) is 0.686. The number of ether oxygens (including phenoxy) is 2. The van der Waals surface area contributed by atoms with E-state index in [-0.39, 0.29) is 6.10 Å². The second-order valence-corrected chi connectivity index (χ2v) is 5.26. The van der Waals surface area contributed by atoms with Crippen molar-refractivity contribution < 1.29 is 9.47 Å². The molecule has 19 heavy (non-hydrogen) atoms. The molecule has 1 aromatic rings. The average Bonchev–Trinajstić information content (AvgIpc) is 2.38. The summed E-state index contributed by atoms with van der Waals surface area (Å²) in [6.07, 6.45) is 1.27. The fourth-order valence-electron chi connectivity index (χ4n) is 1.58. The van der Waals surface area contributed by atoms with Crippen molar-refractivity contribution in [1.82, 2.24) is 0 Å². The zero-order chi connectivity index (χ0) is 14.1. The summed E-state index contributed by atoms with van der Waals surface area (Å²) >= 11 is 0. The highest BCUT2D eigenvalue weighted by atomic mass is 16.5. The number of anilines is 1. The summed E-state index contributed by atoms with van der Waals surface area (Å²) < 4.78 is 11.3. The van der Waals surface area contributed by atoms with Gasteiger partial charge in [0.05, 0.1) is 12.7 Å². The fraction of sp³-hybridized carbons (Fsp3) is 0.625. The van der Waals surface area contributed by atoms with Gasteiger partial charge in [-0.3, -0.25) is 0 Å². The molecule has 0 saturated carbocycles. The Morgan fingerprint density at radius 3 is 2.68 bits per heavy atom. The third-order valence-corrected chi connectivity index (χ3v) is 2.77. The molecule has 0 fully saturated rings. The molecule has 108 valence electrons. The Kier molecular flexibility index (Phi) is 7.34. The lowest BCUT2D eigenvalue weighted by Crippen LogP contribution is -2.12. The zero-order valence-corrected chi connectivity index (χ0v) is 12.6. The van der Waals surface area contributed by atoms with Crippen LogP contribution in [0.2, 0.25) is 0 Å². The molecule has 0 bridgehead atoms. The van der Waals surface area contributed by atoms with Gasteiger partial charge in [0.25, 0.3) is 0 Å². The molecule has 0 saturated heterocycles. The van der Waals surface area contributed by atoms with E-state index in [0.29, 0.717) is 5.92 Å². The van der Waals surface area contributed by atoms with Gasteiger partial charge in [0.2, 0.25) is 0 Å². The van der Waals surface area contributed by atoms with E-state index in [4.69, 9.17) is 9.47 Å². The first-order valence-electron chi connectivity index (χ1n) is 7.20. The minimum atomic E-state index is 0.254. The van der Waals surface area contributed by atoms with Crippen LogP contribution in [0.4, 0.5) is 5.69 Å². The van der Waals surface area contributed by atoms with Crippen LogP contribution in [0, 0.1) is 5.92 Å². The Labute approximate surface area is 117 Å². The molecule has 0 aromatic heterocycles. The van der Waals surface area contributed by atoms with Gasteiger partial charge >= 0.3 is 0 Å². The molecular weight excluding hydrogens is 238 g/mol. The Morgan fingerprint density at radius 1 is 1.21 bits per heavy atom. The lowest BCUT2D eigenvalue weighted by molar-refractivity contribution is 0.118. The summed E-state index contributed by atoms with van der Waals surface area (Å²) in [5.41, 5.74) is 1.08. The molecule has 1 atom stereocenters. The number of hydrogen-bond acceptors (Lipinski definition) is 3. The van der Waals surface area contributed by atoms with Gasteiger partial charge in [0.15, 0.2) is 0 Å². The molecule has 0 aliphatic carbocycles. The summed E-state index contributed by atoms with van der Waals surface area (Å²) in [7, 11) is 0. The first kappa shape index (κ1) is 15.8. The monoisotopic (exact) mass is 265 g/mol. The average molecular weight is 265 g/mol. The van der Waals surface area contributed by atoms with Crippen molar-refractivity contribution in [3.8, 4) is 5.75 Å². The third kappa shape index (κ3) is 7.06. The van der Waals surface area contributed by atoms with Crippen LogP contribution in [-0.4, -0.2) is 25.9 Å². The van der Waals surface area contributed by atoms with E-state index >= 15 is 0 Å². The Balaban J connectivity index is 2.31. The first-order valence-corrected chi connectivity index (χ1v) is 7.20. The molecule has 0 aliphatic heterocycles. The first-order chi connectivity index (χ1) is 9.11. The normalized spacial score (nSPS) is 12.5. The van der Waals surface area contributed by atoms with Crippen LogP contribution < -0.4 is 10.1 Å². The van der Waals surface area contributed by atoms with E-state index in [9.17, 15) is 0 Å². The minimum absolute atomic E-state index is 0.254. The van der Waals surface area contributed by atoms with Crippen LogP contribution in [0.5, 0.6) is 5.75 Å². The molecule has 3 heteroatoms. The van der Waals surface area contributed by atoms with Crippen molar-refractivity contribution in [3.63, 3.8) is 0 Å². The smallest absolute Gasteiger partial charge is 0.121 e. The molecule has 1 unspecified atom stereocenters. The van der Waals surface area contributed by atoms with Crippen LogP contribution >= 0.6 is 0 Å². The Morgan fingerprint density at radius 2 is 2.00 bits per heavy atom. The van der Waals surface area contributed by atoms with E-state index in [2.05, 4.69) is 33.0 Å². The fourth-order valence-corrected chi connectivity index (χ4v) is 1.58. The number of rotatable bonds is 9. The standard InChI is InChI=1S/C16H27NO2/c1-5-14(4)19-16-8-6-7-15(11-16)17-9-10-18-12-13(2)3/h6-8,11,13-14,17H,5,9-10,12H2,1-4H3. The molecule has 0 radical (unpaired) electrons. The Bertz CT molecular complexity index is 352. The summed E-state index contributed by atoms with van der Waals surface area (Å²) in [4.78, 5) is 0. The minimum Gasteiger partial charge on any atom is -0.491 e. The predicted octanol–water partition coefficient (Wildman–Crippen LogP) is 3.95. The molecule has 0 heterocycles. The topological polar surface area (TPSA) is 30.5 Å². The van der Waals surface area contributed by atoms with Gasteiger partial charge in [-0.25, -0.2) is 0 Å². The molecular formula is C16H27NO2. The van der Waals surface area contributed by atoms with Crippen molar-refractivity contribution in [2.24, 2.45) is 5.92 Å². The van der Waals surface area contributed by atoms with Crippen molar-refractivity contribution in [1.29, 1.82) is 0 Å². The van der Waals surface area contributed by atoms with E-state index < -0.39 is 0 Å². The van der Waals surface area contributed by atoms with Gasteiger partial charge in [-0.2, -0.15) is 0 Å². The lowest BCUT2D eigenvalue weighted by Gasteiger charge is -2.14. The van der Waals surface area contributed by atoms with Crippen molar-refractivity contribution >= 4 is 5.69 Å². The SMILES string of the molecule is CCC(C)Oc1cccc(NCCOCC(C)C)c1. The number of nitrogens with one attached hydrogen (secondary N) is 1. The lowest BCUT2D eigenvalue weighted by atomic mass is 10.2. The van der Waals surface area contributed by atoms with Crippen LogP contribution in [0.15, 0.2) is 24.3 Å². The van der Waals surface area contributed by atoms with Crippen LogP contribution in [-0.2, 0) is 4.74 Å². The Hall–Kier alpha value is -1.22. The summed E-state index contributed by atoms with van der Waals surface area (Å²) in [6, 6.07) is 8.09. The van der Waals surface area contributed by atoms with Crippen LogP contribution in [0.25, 0.3) is 0 Å². The van der Waals surface area contributed by atoms with Gasteiger partial charge in [-0.05, 0) is 31.4 Å². The highest BCUT2D eigenvalue weighted by molar-refractivity contribution is 5.48. The highest BCUT2D eigenvalue weighted by Crippen LogP contribution is 2.18. The molecule has 1 aromatic carbocycles.